The predicted molar refractivity (Wildman–Crippen MR) is 62.4 cm³/mol. The molecule has 0 bridgehead atoms. The second-order valence-corrected chi connectivity index (χ2v) is 3.73. The van der Waals surface area contributed by atoms with Gasteiger partial charge in [0.05, 0.1) is 0 Å². The third kappa shape index (κ3) is 4.30. The van der Waals surface area contributed by atoms with Crippen LogP contribution in [-0.2, 0) is 0 Å². The van der Waals surface area contributed by atoms with Gasteiger partial charge in [0, 0.05) is 18.3 Å². The molecule has 84 valence electrons. The topological polar surface area (TPSA) is 38.0 Å². The third-order valence-electron chi connectivity index (χ3n) is 2.39. The molecule has 0 radical (unpaired) electrons. The van der Waals surface area contributed by atoms with Crippen LogP contribution in [0, 0.1) is 5.82 Å². The first-order valence-corrected chi connectivity index (χ1v) is 5.48. The summed E-state index contributed by atoms with van der Waals surface area (Å²) < 4.78 is 12.9. The van der Waals surface area contributed by atoms with Crippen LogP contribution >= 0.6 is 0 Å². The van der Waals surface area contributed by atoms with E-state index in [4.69, 9.17) is 5.73 Å². The molecule has 1 aromatic carbocycles. The molecule has 0 saturated heterocycles. The summed E-state index contributed by atoms with van der Waals surface area (Å²) in [5.41, 5.74) is 6.45. The van der Waals surface area contributed by atoms with Gasteiger partial charge in [0.25, 0.3) is 0 Å². The highest BCUT2D eigenvalue weighted by Crippen LogP contribution is 2.12. The number of hydrogen-bond acceptors (Lipinski definition) is 2. The second kappa shape index (κ2) is 6.40. The van der Waals surface area contributed by atoms with E-state index in [-0.39, 0.29) is 11.9 Å². The molecule has 0 fully saturated rings. The first-order chi connectivity index (χ1) is 7.26. The van der Waals surface area contributed by atoms with Gasteiger partial charge < -0.3 is 11.1 Å². The molecule has 1 aromatic rings. The number of unbranched alkanes of at least 4 members (excludes halogenated alkanes) is 1. The standard InChI is InChI=1S/C12H19FN2/c1-2-3-6-12(9-14)15-11-7-4-5-10(13)8-11/h4-5,7-8,12,15H,2-3,6,9,14H2,1H3. The number of benzene rings is 1. The van der Waals surface area contributed by atoms with Crippen molar-refractivity contribution in [3.63, 3.8) is 0 Å². The van der Waals surface area contributed by atoms with Gasteiger partial charge in [-0.25, -0.2) is 4.39 Å². The van der Waals surface area contributed by atoms with Crippen LogP contribution in [0.3, 0.4) is 0 Å². The van der Waals surface area contributed by atoms with E-state index in [2.05, 4.69) is 12.2 Å². The molecule has 0 heterocycles. The zero-order chi connectivity index (χ0) is 11.1. The first-order valence-electron chi connectivity index (χ1n) is 5.48. The fourth-order valence-corrected chi connectivity index (χ4v) is 1.51. The summed E-state index contributed by atoms with van der Waals surface area (Å²) in [6.45, 7) is 2.73. The lowest BCUT2D eigenvalue weighted by molar-refractivity contribution is 0.609. The van der Waals surface area contributed by atoms with Gasteiger partial charge in [-0.1, -0.05) is 25.8 Å². The summed E-state index contributed by atoms with van der Waals surface area (Å²) in [5.74, 6) is -0.216. The number of rotatable bonds is 6. The molecular weight excluding hydrogens is 191 g/mol. The average Bonchev–Trinajstić information content (AvgIpc) is 2.24. The van der Waals surface area contributed by atoms with E-state index < -0.39 is 0 Å². The fourth-order valence-electron chi connectivity index (χ4n) is 1.51. The van der Waals surface area contributed by atoms with Gasteiger partial charge in [-0.15, -0.1) is 0 Å². The van der Waals surface area contributed by atoms with Crippen molar-refractivity contribution in [3.8, 4) is 0 Å². The van der Waals surface area contributed by atoms with Crippen LogP contribution < -0.4 is 11.1 Å². The van der Waals surface area contributed by atoms with E-state index in [0.717, 1.165) is 24.9 Å². The van der Waals surface area contributed by atoms with E-state index in [0.29, 0.717) is 6.54 Å². The monoisotopic (exact) mass is 210 g/mol. The van der Waals surface area contributed by atoms with Crippen molar-refractivity contribution in [2.24, 2.45) is 5.73 Å². The van der Waals surface area contributed by atoms with Gasteiger partial charge in [-0.3, -0.25) is 0 Å². The number of halogens is 1. The first kappa shape index (κ1) is 12.0. The van der Waals surface area contributed by atoms with E-state index in [1.165, 1.54) is 12.1 Å². The number of nitrogens with one attached hydrogen (secondary N) is 1. The number of anilines is 1. The summed E-state index contributed by atoms with van der Waals surface area (Å²) in [5, 5.41) is 3.24. The second-order valence-electron chi connectivity index (χ2n) is 3.73. The highest BCUT2D eigenvalue weighted by molar-refractivity contribution is 5.44. The molecule has 0 amide bonds. The van der Waals surface area contributed by atoms with Crippen molar-refractivity contribution in [1.82, 2.24) is 0 Å². The summed E-state index contributed by atoms with van der Waals surface area (Å²) in [6, 6.07) is 6.73. The van der Waals surface area contributed by atoms with Crippen LogP contribution in [0.25, 0.3) is 0 Å². The maximum atomic E-state index is 12.9. The van der Waals surface area contributed by atoms with Crippen LogP contribution in [0.15, 0.2) is 24.3 Å². The number of nitrogens with two attached hydrogens (primary N) is 1. The Labute approximate surface area is 90.7 Å². The Morgan fingerprint density at radius 3 is 2.87 bits per heavy atom. The Kier molecular flexibility index (Phi) is 5.12. The van der Waals surface area contributed by atoms with E-state index in [1.807, 2.05) is 6.07 Å². The van der Waals surface area contributed by atoms with Gasteiger partial charge in [0.1, 0.15) is 5.82 Å². The van der Waals surface area contributed by atoms with Crippen LogP contribution in [0.1, 0.15) is 26.2 Å². The van der Waals surface area contributed by atoms with E-state index >= 15 is 0 Å². The van der Waals surface area contributed by atoms with E-state index in [1.54, 1.807) is 6.07 Å². The largest absolute Gasteiger partial charge is 0.381 e. The van der Waals surface area contributed by atoms with Gasteiger partial charge >= 0.3 is 0 Å². The zero-order valence-corrected chi connectivity index (χ0v) is 9.17. The quantitative estimate of drug-likeness (QED) is 0.757. The Morgan fingerprint density at radius 2 is 2.27 bits per heavy atom. The smallest absolute Gasteiger partial charge is 0.125 e. The molecule has 0 saturated carbocycles. The Balaban J connectivity index is 2.50. The molecule has 0 aliphatic carbocycles. The molecule has 15 heavy (non-hydrogen) atoms. The molecule has 1 atom stereocenters. The molecule has 3 heteroatoms. The molecule has 0 aliphatic rings. The molecule has 1 rings (SSSR count). The molecule has 0 aliphatic heterocycles. The van der Waals surface area contributed by atoms with Crippen molar-refractivity contribution in [1.29, 1.82) is 0 Å². The SMILES string of the molecule is CCCCC(CN)Nc1cccc(F)c1. The summed E-state index contributed by atoms with van der Waals surface area (Å²) >= 11 is 0. The number of hydrogen-bond donors (Lipinski definition) is 2. The Bertz CT molecular complexity index is 289. The van der Waals surface area contributed by atoms with Gasteiger partial charge in [-0.05, 0) is 24.6 Å². The van der Waals surface area contributed by atoms with Gasteiger partial charge in [0.2, 0.25) is 0 Å². The lowest BCUT2D eigenvalue weighted by atomic mass is 10.1. The normalized spacial score (nSPS) is 12.5. The molecule has 2 nitrogen and oxygen atoms in total. The molecule has 0 spiro atoms. The van der Waals surface area contributed by atoms with Crippen LogP contribution in [0.2, 0.25) is 0 Å². The van der Waals surface area contributed by atoms with Crippen LogP contribution in [-0.4, -0.2) is 12.6 Å². The van der Waals surface area contributed by atoms with Gasteiger partial charge in [-0.2, -0.15) is 0 Å². The Hall–Kier alpha value is -1.09. The molecule has 1 unspecified atom stereocenters. The van der Waals surface area contributed by atoms with Crippen molar-refractivity contribution >= 4 is 5.69 Å². The highest BCUT2D eigenvalue weighted by atomic mass is 19.1. The highest BCUT2D eigenvalue weighted by Gasteiger charge is 2.05. The molecule has 0 aromatic heterocycles. The lowest BCUT2D eigenvalue weighted by Gasteiger charge is -2.17. The van der Waals surface area contributed by atoms with E-state index in [9.17, 15) is 4.39 Å². The average molecular weight is 210 g/mol. The fraction of sp³-hybridized carbons (Fsp3) is 0.500. The predicted octanol–water partition coefficient (Wildman–Crippen LogP) is 2.76. The zero-order valence-electron chi connectivity index (χ0n) is 9.17. The van der Waals surface area contributed by atoms with Crippen LogP contribution in [0.5, 0.6) is 0 Å². The molecular formula is C12H19FN2. The minimum atomic E-state index is -0.216. The summed E-state index contributed by atoms with van der Waals surface area (Å²) in [7, 11) is 0. The minimum Gasteiger partial charge on any atom is -0.381 e. The van der Waals surface area contributed by atoms with Gasteiger partial charge in [0.15, 0.2) is 0 Å². The van der Waals surface area contributed by atoms with Crippen LogP contribution in [0.4, 0.5) is 10.1 Å². The maximum Gasteiger partial charge on any atom is 0.125 e. The van der Waals surface area contributed by atoms with Crippen molar-refractivity contribution in [3.05, 3.63) is 30.1 Å². The lowest BCUT2D eigenvalue weighted by Crippen LogP contribution is -2.28. The third-order valence-corrected chi connectivity index (χ3v) is 2.39. The van der Waals surface area contributed by atoms with Crippen molar-refractivity contribution in [2.45, 2.75) is 32.2 Å². The molecule has 3 N–H and O–H groups in total. The Morgan fingerprint density at radius 1 is 1.47 bits per heavy atom. The summed E-state index contributed by atoms with van der Waals surface area (Å²) in [6.07, 6.45) is 3.33. The van der Waals surface area contributed by atoms with Crippen molar-refractivity contribution < 1.29 is 4.39 Å². The van der Waals surface area contributed by atoms with Crippen molar-refractivity contribution in [2.75, 3.05) is 11.9 Å². The minimum absolute atomic E-state index is 0.216. The maximum absolute atomic E-state index is 12.9. The summed E-state index contributed by atoms with van der Waals surface area (Å²) in [4.78, 5) is 0.